The van der Waals surface area contributed by atoms with E-state index in [4.69, 9.17) is 14.2 Å². The van der Waals surface area contributed by atoms with E-state index in [1.165, 1.54) is 6.07 Å². The number of ether oxygens (including phenoxy) is 3. The molecule has 0 spiro atoms. The first-order valence-corrected chi connectivity index (χ1v) is 9.09. The quantitative estimate of drug-likeness (QED) is 0.535. The first-order chi connectivity index (χ1) is 13.5. The van der Waals surface area contributed by atoms with Gasteiger partial charge in [-0.15, -0.1) is 0 Å². The molecule has 28 heavy (non-hydrogen) atoms. The van der Waals surface area contributed by atoms with Crippen LogP contribution >= 0.6 is 0 Å². The molecule has 0 amide bonds. The third kappa shape index (κ3) is 5.28. The zero-order valence-electron chi connectivity index (χ0n) is 17.1. The maximum atomic E-state index is 13.7. The van der Waals surface area contributed by atoms with E-state index >= 15 is 0 Å². The minimum Gasteiger partial charge on any atom is -0.493 e. The highest BCUT2D eigenvalue weighted by atomic mass is 19.1. The van der Waals surface area contributed by atoms with Crippen molar-refractivity contribution in [2.45, 2.75) is 26.9 Å². The lowest BCUT2D eigenvalue weighted by molar-refractivity contribution is 0.322. The monoisotopic (exact) mass is 389 g/mol. The Morgan fingerprint density at radius 3 is 2.36 bits per heavy atom. The Bertz CT molecular complexity index is 825. The Balaban J connectivity index is 2.15. The largest absolute Gasteiger partial charge is 0.493 e. The van der Waals surface area contributed by atoms with Gasteiger partial charge in [0.25, 0.3) is 0 Å². The first kappa shape index (κ1) is 21.3. The Labute approximate surface area is 165 Å². The van der Waals surface area contributed by atoms with E-state index in [-0.39, 0.29) is 5.82 Å². The van der Waals surface area contributed by atoms with Crippen molar-refractivity contribution in [2.24, 2.45) is 4.99 Å². The van der Waals surface area contributed by atoms with Gasteiger partial charge in [0.1, 0.15) is 5.82 Å². The van der Waals surface area contributed by atoms with Crippen molar-refractivity contribution >= 4 is 5.96 Å². The van der Waals surface area contributed by atoms with Crippen LogP contribution in [0.5, 0.6) is 17.2 Å². The SMILES string of the molecule is CCNC(=NCc1ccc(C)c(F)c1)NCc1ccc(OC)c(OC)c1OC. The summed E-state index contributed by atoms with van der Waals surface area (Å²) in [6.07, 6.45) is 0. The Hall–Kier alpha value is -2.96. The number of hydrogen-bond acceptors (Lipinski definition) is 4. The molecule has 0 aromatic heterocycles. The van der Waals surface area contributed by atoms with Gasteiger partial charge < -0.3 is 24.8 Å². The number of halogens is 1. The van der Waals surface area contributed by atoms with Gasteiger partial charge in [-0.25, -0.2) is 9.38 Å². The highest BCUT2D eigenvalue weighted by Crippen LogP contribution is 2.39. The normalized spacial score (nSPS) is 11.1. The van der Waals surface area contributed by atoms with Gasteiger partial charge in [-0.1, -0.05) is 12.1 Å². The zero-order valence-corrected chi connectivity index (χ0v) is 17.1. The summed E-state index contributed by atoms with van der Waals surface area (Å²) in [5.74, 6) is 2.15. The Morgan fingerprint density at radius 1 is 1.00 bits per heavy atom. The molecule has 0 aliphatic heterocycles. The summed E-state index contributed by atoms with van der Waals surface area (Å²) in [7, 11) is 4.74. The molecule has 0 unspecified atom stereocenters. The van der Waals surface area contributed by atoms with Gasteiger partial charge in [0, 0.05) is 18.7 Å². The predicted molar refractivity (Wildman–Crippen MR) is 109 cm³/mol. The van der Waals surface area contributed by atoms with Crippen molar-refractivity contribution in [1.29, 1.82) is 0 Å². The molecule has 7 heteroatoms. The third-order valence-electron chi connectivity index (χ3n) is 4.23. The van der Waals surface area contributed by atoms with Crippen LogP contribution in [0.4, 0.5) is 4.39 Å². The standard InChI is InChI=1S/C21H28FN3O3/c1-6-23-21(24-12-15-8-7-14(2)17(22)11-15)25-13-16-9-10-18(26-3)20(28-5)19(16)27-4/h7-11H,6,12-13H2,1-5H3,(H2,23,24,25). The molecule has 2 rings (SSSR count). The van der Waals surface area contributed by atoms with Crippen LogP contribution in [0.25, 0.3) is 0 Å². The van der Waals surface area contributed by atoms with Crippen LogP contribution in [-0.2, 0) is 13.1 Å². The smallest absolute Gasteiger partial charge is 0.203 e. The lowest BCUT2D eigenvalue weighted by Crippen LogP contribution is -2.36. The molecule has 0 radical (unpaired) electrons. The summed E-state index contributed by atoms with van der Waals surface area (Å²) in [6, 6.07) is 8.89. The summed E-state index contributed by atoms with van der Waals surface area (Å²) in [6.45, 7) is 5.27. The van der Waals surface area contributed by atoms with Gasteiger partial charge >= 0.3 is 0 Å². The van der Waals surface area contributed by atoms with E-state index < -0.39 is 0 Å². The number of methoxy groups -OCH3 is 3. The molecule has 0 fully saturated rings. The van der Waals surface area contributed by atoms with Crippen molar-refractivity contribution in [3.63, 3.8) is 0 Å². The minimum absolute atomic E-state index is 0.222. The molecule has 0 aliphatic carbocycles. The maximum Gasteiger partial charge on any atom is 0.203 e. The summed E-state index contributed by atoms with van der Waals surface area (Å²) >= 11 is 0. The number of hydrogen-bond donors (Lipinski definition) is 2. The number of benzene rings is 2. The molecule has 2 aromatic rings. The molecule has 0 saturated heterocycles. The number of nitrogens with zero attached hydrogens (tertiary/aromatic N) is 1. The highest BCUT2D eigenvalue weighted by molar-refractivity contribution is 5.79. The van der Waals surface area contributed by atoms with Crippen molar-refractivity contribution in [2.75, 3.05) is 27.9 Å². The number of aryl methyl sites for hydroxylation is 1. The first-order valence-electron chi connectivity index (χ1n) is 9.09. The van der Waals surface area contributed by atoms with E-state index in [0.29, 0.717) is 48.4 Å². The van der Waals surface area contributed by atoms with E-state index in [1.807, 2.05) is 25.1 Å². The van der Waals surface area contributed by atoms with Crippen LogP contribution in [0.3, 0.4) is 0 Å². The van der Waals surface area contributed by atoms with Crippen LogP contribution in [0, 0.1) is 12.7 Å². The van der Waals surface area contributed by atoms with Gasteiger partial charge in [0.05, 0.1) is 27.9 Å². The van der Waals surface area contributed by atoms with Crippen LogP contribution in [0.1, 0.15) is 23.6 Å². The second-order valence-electron chi connectivity index (χ2n) is 6.13. The van der Waals surface area contributed by atoms with Gasteiger partial charge in [-0.05, 0) is 43.2 Å². The second kappa shape index (κ2) is 10.4. The minimum atomic E-state index is -0.222. The fourth-order valence-electron chi connectivity index (χ4n) is 2.73. The summed E-state index contributed by atoms with van der Waals surface area (Å²) < 4.78 is 30.0. The molecule has 0 atom stereocenters. The molecule has 2 N–H and O–H groups in total. The number of nitrogens with one attached hydrogen (secondary N) is 2. The predicted octanol–water partition coefficient (Wildman–Crippen LogP) is 3.42. The second-order valence-corrected chi connectivity index (χ2v) is 6.13. The molecule has 0 saturated carbocycles. The van der Waals surface area contributed by atoms with Crippen LogP contribution < -0.4 is 24.8 Å². The van der Waals surface area contributed by atoms with Crippen LogP contribution in [0.15, 0.2) is 35.3 Å². The summed E-state index contributed by atoms with van der Waals surface area (Å²) in [5, 5.41) is 6.45. The fraction of sp³-hybridized carbons (Fsp3) is 0.381. The van der Waals surface area contributed by atoms with Crippen LogP contribution in [-0.4, -0.2) is 33.8 Å². The fourth-order valence-corrected chi connectivity index (χ4v) is 2.73. The third-order valence-corrected chi connectivity index (χ3v) is 4.23. The van der Waals surface area contributed by atoms with Gasteiger partial charge in [-0.3, -0.25) is 0 Å². The summed E-state index contributed by atoms with van der Waals surface area (Å²) in [5.41, 5.74) is 2.33. The average molecular weight is 389 g/mol. The van der Waals surface area contributed by atoms with E-state index in [1.54, 1.807) is 34.3 Å². The van der Waals surface area contributed by atoms with Crippen molar-refractivity contribution in [3.05, 3.63) is 52.8 Å². The molecule has 0 bridgehead atoms. The molecular weight excluding hydrogens is 361 g/mol. The zero-order chi connectivity index (χ0) is 20.5. The molecule has 152 valence electrons. The molecule has 2 aromatic carbocycles. The van der Waals surface area contributed by atoms with Crippen LogP contribution in [0.2, 0.25) is 0 Å². The van der Waals surface area contributed by atoms with Gasteiger partial charge in [0.2, 0.25) is 5.75 Å². The van der Waals surface area contributed by atoms with Gasteiger partial charge in [0.15, 0.2) is 17.5 Å². The van der Waals surface area contributed by atoms with E-state index in [2.05, 4.69) is 15.6 Å². The van der Waals surface area contributed by atoms with E-state index in [9.17, 15) is 4.39 Å². The number of rotatable bonds is 8. The number of guanidine groups is 1. The van der Waals surface area contributed by atoms with Crippen molar-refractivity contribution in [3.8, 4) is 17.2 Å². The Morgan fingerprint density at radius 2 is 1.75 bits per heavy atom. The van der Waals surface area contributed by atoms with Gasteiger partial charge in [-0.2, -0.15) is 0 Å². The summed E-state index contributed by atoms with van der Waals surface area (Å²) in [4.78, 5) is 4.53. The molecule has 0 heterocycles. The molecular formula is C21H28FN3O3. The highest BCUT2D eigenvalue weighted by Gasteiger charge is 2.15. The lowest BCUT2D eigenvalue weighted by atomic mass is 10.1. The van der Waals surface area contributed by atoms with E-state index in [0.717, 1.165) is 11.1 Å². The number of aliphatic imine (C=N–C) groups is 1. The van der Waals surface area contributed by atoms with Crippen molar-refractivity contribution < 1.29 is 18.6 Å². The van der Waals surface area contributed by atoms with Crippen molar-refractivity contribution in [1.82, 2.24) is 10.6 Å². The topological polar surface area (TPSA) is 64.1 Å². The average Bonchev–Trinajstić information content (AvgIpc) is 2.71. The molecule has 6 nitrogen and oxygen atoms in total. The Kier molecular flexibility index (Phi) is 7.92. The molecule has 0 aliphatic rings. The lowest BCUT2D eigenvalue weighted by Gasteiger charge is -2.17. The maximum absolute atomic E-state index is 13.7.